The summed E-state index contributed by atoms with van der Waals surface area (Å²) in [5.74, 6) is 1.58. The number of carbonyl (C=O) groups excluding carboxylic acids is 1. The van der Waals surface area contributed by atoms with Gasteiger partial charge in [0.1, 0.15) is 11.5 Å². The van der Waals surface area contributed by atoms with Crippen molar-refractivity contribution in [3.63, 3.8) is 0 Å². The summed E-state index contributed by atoms with van der Waals surface area (Å²) in [4.78, 5) is 12.1. The second kappa shape index (κ2) is 8.80. The van der Waals surface area contributed by atoms with Crippen molar-refractivity contribution < 1.29 is 14.3 Å². The lowest BCUT2D eigenvalue weighted by atomic mass is 9.85. The quantitative estimate of drug-likeness (QED) is 0.725. The second-order valence-electron chi connectivity index (χ2n) is 7.68. The number of amides is 2. The molecule has 0 aliphatic carbocycles. The van der Waals surface area contributed by atoms with Gasteiger partial charge in [-0.1, -0.05) is 50.6 Å². The lowest BCUT2D eigenvalue weighted by molar-refractivity contribution is 0.220. The van der Waals surface area contributed by atoms with Crippen LogP contribution >= 0.6 is 0 Å². The Kier molecular flexibility index (Phi) is 6.72. The van der Waals surface area contributed by atoms with E-state index in [1.807, 2.05) is 43.3 Å². The van der Waals surface area contributed by atoms with E-state index in [4.69, 9.17) is 9.47 Å². The minimum absolute atomic E-state index is 0.0352. The third-order valence-corrected chi connectivity index (χ3v) is 4.37. The van der Waals surface area contributed by atoms with Crippen LogP contribution < -0.4 is 20.1 Å². The van der Waals surface area contributed by atoms with Gasteiger partial charge in [-0.3, -0.25) is 0 Å². The normalized spacial score (nSPS) is 12.2. The molecule has 0 heterocycles. The summed E-state index contributed by atoms with van der Waals surface area (Å²) in [5, 5.41) is 5.65. The van der Waals surface area contributed by atoms with Crippen LogP contribution in [-0.4, -0.2) is 19.9 Å². The molecule has 0 bridgehead atoms. The molecule has 2 aromatic rings. The van der Waals surface area contributed by atoms with Crippen molar-refractivity contribution in [1.82, 2.24) is 10.6 Å². The summed E-state index contributed by atoms with van der Waals surface area (Å²) in [5.41, 5.74) is 3.27. The Morgan fingerprint density at radius 2 is 1.78 bits per heavy atom. The van der Waals surface area contributed by atoms with E-state index in [0.29, 0.717) is 0 Å². The maximum Gasteiger partial charge on any atom is 0.317 e. The van der Waals surface area contributed by atoms with E-state index in [0.717, 1.165) is 22.6 Å². The fourth-order valence-electron chi connectivity index (χ4n) is 2.76. The molecule has 2 aromatic carbocycles. The van der Waals surface area contributed by atoms with Crippen molar-refractivity contribution in [3.05, 3.63) is 59.2 Å². The minimum Gasteiger partial charge on any atom is -0.497 e. The van der Waals surface area contributed by atoms with Crippen molar-refractivity contribution in [3.8, 4) is 11.5 Å². The molecule has 0 saturated carbocycles. The number of aryl methyl sites for hydroxylation is 1. The Hall–Kier alpha value is -2.69. The molecule has 0 radical (unpaired) electrons. The Morgan fingerprint density at radius 1 is 1.11 bits per heavy atom. The first-order valence-electron chi connectivity index (χ1n) is 9.13. The molecule has 0 aliphatic heterocycles. The van der Waals surface area contributed by atoms with Gasteiger partial charge in [-0.05, 0) is 48.6 Å². The van der Waals surface area contributed by atoms with Crippen LogP contribution in [0, 0.1) is 6.92 Å². The second-order valence-corrected chi connectivity index (χ2v) is 7.68. The van der Waals surface area contributed by atoms with Gasteiger partial charge in [-0.25, -0.2) is 4.79 Å². The number of ether oxygens (including phenoxy) is 2. The molecular formula is C22H30N2O3. The average Bonchev–Trinajstić information content (AvgIpc) is 2.62. The number of urea groups is 1. The average molecular weight is 370 g/mol. The number of benzene rings is 2. The molecule has 5 nitrogen and oxygen atoms in total. The summed E-state index contributed by atoms with van der Waals surface area (Å²) in [7, 11) is 1.63. The predicted molar refractivity (Wildman–Crippen MR) is 108 cm³/mol. The fraction of sp³-hybridized carbons (Fsp3) is 0.409. The van der Waals surface area contributed by atoms with Gasteiger partial charge < -0.3 is 20.1 Å². The van der Waals surface area contributed by atoms with Crippen LogP contribution in [-0.2, 0) is 5.41 Å². The van der Waals surface area contributed by atoms with E-state index in [1.165, 1.54) is 5.56 Å². The predicted octanol–water partition coefficient (Wildman–Crippen LogP) is 4.70. The number of methoxy groups -OCH3 is 1. The van der Waals surface area contributed by atoms with Gasteiger partial charge in [0.25, 0.3) is 0 Å². The molecule has 146 valence electrons. The molecule has 0 spiro atoms. The van der Waals surface area contributed by atoms with Crippen molar-refractivity contribution in [2.75, 3.05) is 13.8 Å². The molecule has 27 heavy (non-hydrogen) atoms. The Morgan fingerprint density at radius 3 is 2.37 bits per heavy atom. The summed E-state index contributed by atoms with van der Waals surface area (Å²) < 4.78 is 11.0. The lowest BCUT2D eigenvalue weighted by Gasteiger charge is -2.23. The standard InChI is InChI=1S/C22H30N2O3/c1-15-7-12-20(19(13-15)22(3,4)5)27-14-23-21(25)24-16(2)17-8-10-18(26-6)11-9-17/h7-13,16H,14H2,1-6H3,(H2,23,24,25). The van der Waals surface area contributed by atoms with Gasteiger partial charge >= 0.3 is 6.03 Å². The van der Waals surface area contributed by atoms with Crippen molar-refractivity contribution >= 4 is 6.03 Å². The zero-order chi connectivity index (χ0) is 20.0. The number of hydrogen-bond donors (Lipinski definition) is 2. The third-order valence-electron chi connectivity index (χ3n) is 4.37. The smallest absolute Gasteiger partial charge is 0.317 e. The van der Waals surface area contributed by atoms with Crippen molar-refractivity contribution in [1.29, 1.82) is 0 Å². The van der Waals surface area contributed by atoms with Gasteiger partial charge in [-0.2, -0.15) is 0 Å². The van der Waals surface area contributed by atoms with E-state index in [1.54, 1.807) is 7.11 Å². The zero-order valence-electron chi connectivity index (χ0n) is 17.1. The molecular weight excluding hydrogens is 340 g/mol. The van der Waals surface area contributed by atoms with E-state index >= 15 is 0 Å². The highest BCUT2D eigenvalue weighted by molar-refractivity contribution is 5.74. The molecule has 2 amide bonds. The highest BCUT2D eigenvalue weighted by Crippen LogP contribution is 2.32. The lowest BCUT2D eigenvalue weighted by Crippen LogP contribution is -2.39. The molecule has 1 unspecified atom stereocenters. The molecule has 5 heteroatoms. The van der Waals surface area contributed by atoms with Crippen LogP contribution in [0.25, 0.3) is 0 Å². The number of carbonyl (C=O) groups is 1. The van der Waals surface area contributed by atoms with Crippen molar-refractivity contribution in [2.24, 2.45) is 0 Å². The summed E-state index contributed by atoms with van der Waals surface area (Å²) in [6.07, 6.45) is 0. The molecule has 1 atom stereocenters. The van der Waals surface area contributed by atoms with Crippen LogP contribution in [0.15, 0.2) is 42.5 Å². The number of hydrogen-bond acceptors (Lipinski definition) is 3. The van der Waals surface area contributed by atoms with Crippen LogP contribution in [0.4, 0.5) is 4.79 Å². The largest absolute Gasteiger partial charge is 0.497 e. The molecule has 0 aromatic heterocycles. The summed E-state index contributed by atoms with van der Waals surface area (Å²) in [6, 6.07) is 13.3. The van der Waals surface area contributed by atoms with Crippen LogP contribution in [0.5, 0.6) is 11.5 Å². The maximum absolute atomic E-state index is 12.1. The first kappa shape index (κ1) is 20.6. The molecule has 0 saturated heterocycles. The third kappa shape index (κ3) is 5.91. The van der Waals surface area contributed by atoms with E-state index in [-0.39, 0.29) is 24.2 Å². The van der Waals surface area contributed by atoms with Gasteiger partial charge in [0.2, 0.25) is 0 Å². The number of nitrogens with one attached hydrogen (secondary N) is 2. The highest BCUT2D eigenvalue weighted by Gasteiger charge is 2.19. The molecule has 2 N–H and O–H groups in total. The topological polar surface area (TPSA) is 59.6 Å². The highest BCUT2D eigenvalue weighted by atomic mass is 16.5. The monoisotopic (exact) mass is 370 g/mol. The Balaban J connectivity index is 1.89. The Bertz CT molecular complexity index is 764. The maximum atomic E-state index is 12.1. The molecule has 0 fully saturated rings. The Labute approximate surface area is 162 Å². The van der Waals surface area contributed by atoms with Crippen LogP contribution in [0.2, 0.25) is 0 Å². The zero-order valence-corrected chi connectivity index (χ0v) is 17.1. The van der Waals surface area contributed by atoms with Gasteiger partial charge in [0.15, 0.2) is 6.73 Å². The minimum atomic E-state index is -0.275. The molecule has 0 aliphatic rings. The number of rotatable bonds is 6. The van der Waals surface area contributed by atoms with E-state index in [2.05, 4.69) is 44.4 Å². The van der Waals surface area contributed by atoms with Gasteiger partial charge in [-0.15, -0.1) is 0 Å². The first-order valence-corrected chi connectivity index (χ1v) is 9.13. The summed E-state index contributed by atoms with van der Waals surface area (Å²) in [6.45, 7) is 10.5. The SMILES string of the molecule is COc1ccc(C(C)NC(=O)NCOc2ccc(C)cc2C(C)(C)C)cc1. The van der Waals surface area contributed by atoms with Crippen LogP contribution in [0.1, 0.15) is 50.4 Å². The first-order chi connectivity index (χ1) is 12.7. The van der Waals surface area contributed by atoms with Crippen LogP contribution in [0.3, 0.4) is 0 Å². The fourth-order valence-corrected chi connectivity index (χ4v) is 2.76. The van der Waals surface area contributed by atoms with Gasteiger partial charge in [0, 0.05) is 0 Å². The van der Waals surface area contributed by atoms with Gasteiger partial charge in [0.05, 0.1) is 13.2 Å². The summed E-state index contributed by atoms with van der Waals surface area (Å²) >= 11 is 0. The molecule has 2 rings (SSSR count). The van der Waals surface area contributed by atoms with E-state index in [9.17, 15) is 4.79 Å². The van der Waals surface area contributed by atoms with E-state index < -0.39 is 0 Å². The van der Waals surface area contributed by atoms with Crippen molar-refractivity contribution in [2.45, 2.75) is 46.1 Å².